The molecule has 0 saturated carbocycles. The van der Waals surface area contributed by atoms with E-state index in [0.717, 1.165) is 43.1 Å². The van der Waals surface area contributed by atoms with E-state index in [0.29, 0.717) is 6.42 Å². The number of unbranched alkanes of at least 4 members (excludes halogenated alkanes) is 6. The van der Waals surface area contributed by atoms with Gasteiger partial charge in [0.1, 0.15) is 6.29 Å². The maximum Gasteiger partial charge on any atom is 0.306 e. The van der Waals surface area contributed by atoms with E-state index >= 15 is 0 Å². The van der Waals surface area contributed by atoms with Crippen LogP contribution in [0.25, 0.3) is 130 Å². The maximum atomic E-state index is 11.2. The largest absolute Gasteiger partial charge is 0.481 e. The Kier molecular flexibility index (Phi) is 29.4. The number of carboxylic acid groups (broad SMARTS) is 1. The minimum Gasteiger partial charge on any atom is -0.481 e. The van der Waals surface area contributed by atoms with E-state index < -0.39 is 5.97 Å². The fraction of sp³-hybridized carbons (Fsp3) is 0.141. The average Bonchev–Trinajstić information content (AvgIpc) is 1.41. The maximum absolute atomic E-state index is 11.2. The smallest absolute Gasteiger partial charge is 0.306 e. The molecule has 21 rings (SSSR count). The Morgan fingerprint density at radius 3 is 0.890 bits per heavy atom. The summed E-state index contributed by atoms with van der Waals surface area (Å²) in [4.78, 5) is 24.2. The van der Waals surface area contributed by atoms with E-state index in [1.54, 1.807) is 113 Å². The van der Waals surface area contributed by atoms with E-state index in [-0.39, 0.29) is 28.8 Å². The van der Waals surface area contributed by atoms with Crippen molar-refractivity contribution >= 4 is 148 Å². The molecule has 4 nitrogen and oxygen atoms in total. The van der Waals surface area contributed by atoms with Gasteiger partial charge in [-0.15, -0.1) is 0 Å². The molecule has 1 saturated heterocycles. The quantitative estimate of drug-likeness (QED) is 0.0453. The lowest BCUT2D eigenvalue weighted by Crippen LogP contribution is -2.55. The third kappa shape index (κ3) is 18.0. The molecule has 0 amide bonds. The molecular weight excluding hydrogens is 1770 g/mol. The van der Waals surface area contributed by atoms with Gasteiger partial charge in [-0.25, -0.2) is 0 Å². The summed E-state index contributed by atoms with van der Waals surface area (Å²) in [5.41, 5.74) is 10.5. The van der Waals surface area contributed by atoms with Crippen molar-refractivity contribution < 1.29 is 14.7 Å². The molecule has 0 radical (unpaired) electrons. The Morgan fingerprint density at radius 1 is 0.301 bits per heavy atom. The topological polar surface area (TPSA) is 57.6 Å². The molecule has 1 heterocycles. The van der Waals surface area contributed by atoms with Gasteiger partial charge in [0.2, 0.25) is 0 Å². The van der Waals surface area contributed by atoms with Crippen molar-refractivity contribution in [1.29, 1.82) is 0 Å². The molecule has 4 aliphatic carbocycles. The number of benzene rings is 12. The first-order valence-electron chi connectivity index (χ1n) is 47.3. The molecule has 1 fully saturated rings. The minimum atomic E-state index is -0.662. The molecule has 660 valence electrons. The van der Waals surface area contributed by atoms with Crippen LogP contribution in [0.1, 0.15) is 131 Å². The molecular formula is C142H69NO3. The Hall–Kier alpha value is -21.9. The predicted octanol–water partition coefficient (Wildman–Crippen LogP) is 20.4. The van der Waals surface area contributed by atoms with Crippen LogP contribution >= 0.6 is 0 Å². The second-order valence-corrected chi connectivity index (χ2v) is 33.7. The van der Waals surface area contributed by atoms with Crippen LogP contribution < -0.4 is 15.3 Å². The summed E-state index contributed by atoms with van der Waals surface area (Å²) in [6.45, 7) is 7.90. The van der Waals surface area contributed by atoms with Gasteiger partial charge in [0.25, 0.3) is 0 Å². The number of aldehydes is 1. The molecule has 16 aromatic rings. The van der Waals surface area contributed by atoms with Gasteiger partial charge in [-0.1, -0.05) is 247 Å². The minimum absolute atomic E-state index is 0.0936. The summed E-state index contributed by atoms with van der Waals surface area (Å²) >= 11 is 0. The van der Waals surface area contributed by atoms with Crippen LogP contribution in [-0.2, 0) is 22.0 Å². The number of rotatable bonds is 16. The first-order chi connectivity index (χ1) is 72.4. The lowest BCUT2D eigenvalue weighted by atomic mass is 9.45. The monoisotopic (exact) mass is 1840 g/mol. The van der Waals surface area contributed by atoms with Crippen LogP contribution in [0, 0.1) is 349 Å². The second kappa shape index (κ2) is 45.4. The number of nitrogens with zero attached hydrogens (tertiary/aromatic N) is 1. The summed E-state index contributed by atoms with van der Waals surface area (Å²) in [7, 11) is 0. The van der Waals surface area contributed by atoms with Crippen LogP contribution in [-0.4, -0.2) is 23.4 Å². The normalized spacial score (nSPS) is 13.5. The number of anilines is 1. The van der Waals surface area contributed by atoms with Gasteiger partial charge < -0.3 is 10.0 Å². The number of hydrogen-bond donors (Lipinski definition) is 1. The van der Waals surface area contributed by atoms with Crippen molar-refractivity contribution in [2.75, 3.05) is 4.90 Å². The van der Waals surface area contributed by atoms with Crippen LogP contribution in [0.4, 0.5) is 5.69 Å². The van der Waals surface area contributed by atoms with Crippen LogP contribution in [0.5, 0.6) is 0 Å². The predicted molar refractivity (Wildman–Crippen MR) is 596 cm³/mol. The van der Waals surface area contributed by atoms with Crippen LogP contribution in [0.3, 0.4) is 0 Å². The van der Waals surface area contributed by atoms with Crippen molar-refractivity contribution in [3.63, 3.8) is 0 Å². The fourth-order valence-electron chi connectivity index (χ4n) is 21.6. The molecule has 4 heteroatoms. The Morgan fingerprint density at radius 2 is 0.575 bits per heavy atom. The van der Waals surface area contributed by atoms with E-state index in [4.69, 9.17) is 0 Å². The number of carboxylic acids is 1. The van der Waals surface area contributed by atoms with Gasteiger partial charge in [-0.2, -0.15) is 0 Å². The molecule has 0 aromatic heterocycles. The third-order valence-electron chi connectivity index (χ3n) is 26.2. The second-order valence-electron chi connectivity index (χ2n) is 33.7. The first-order valence-corrected chi connectivity index (χ1v) is 47.3. The van der Waals surface area contributed by atoms with Crippen LogP contribution in [0.15, 0.2) is 182 Å². The third-order valence-corrected chi connectivity index (χ3v) is 26.2. The number of allylic oxidation sites excluding steroid dienone is 2. The first kappa shape index (κ1) is 94.5. The van der Waals surface area contributed by atoms with E-state index in [9.17, 15) is 14.7 Å². The van der Waals surface area contributed by atoms with Gasteiger partial charge in [-0.3, -0.25) is 9.59 Å². The number of carbonyl (C=O) groups is 2. The highest BCUT2D eigenvalue weighted by Gasteiger charge is 2.77. The van der Waals surface area contributed by atoms with Gasteiger partial charge >= 0.3 is 5.97 Å². The summed E-state index contributed by atoms with van der Waals surface area (Å²) in [5.74, 6) is 145. The molecule has 1 N–H and O–H groups in total. The molecule has 1 aliphatic heterocycles. The average molecular weight is 1840 g/mol. The Labute approximate surface area is 851 Å². The zero-order chi connectivity index (χ0) is 100. The van der Waals surface area contributed by atoms with Crippen molar-refractivity contribution in [2.24, 2.45) is 5.92 Å². The highest BCUT2D eigenvalue weighted by Crippen LogP contribution is 2.80. The van der Waals surface area contributed by atoms with Crippen LogP contribution in [0.2, 0.25) is 0 Å². The van der Waals surface area contributed by atoms with Gasteiger partial charge in [0.05, 0.1) is 22.8 Å². The highest BCUT2D eigenvalue weighted by molar-refractivity contribution is 6.64. The number of aliphatic carboxylic acids is 1. The van der Waals surface area contributed by atoms with E-state index in [1.807, 2.05) is 48.5 Å². The lowest BCUT2D eigenvalue weighted by molar-refractivity contribution is -0.142. The number of hydrogen-bond acceptors (Lipinski definition) is 3. The molecule has 2 spiro atoms. The molecule has 5 atom stereocenters. The number of para-hydroxylation sites is 1. The van der Waals surface area contributed by atoms with E-state index in [2.05, 4.69) is 483 Å². The highest BCUT2D eigenvalue weighted by atomic mass is 16.4. The van der Waals surface area contributed by atoms with Crippen molar-refractivity contribution in [2.45, 2.75) is 121 Å². The lowest BCUT2D eigenvalue weighted by Gasteiger charge is -2.53. The van der Waals surface area contributed by atoms with Gasteiger partial charge in [-0.05, 0) is 302 Å². The van der Waals surface area contributed by atoms with Gasteiger partial charge in [0.15, 0.2) is 0 Å². The van der Waals surface area contributed by atoms with Crippen molar-refractivity contribution in [3.05, 3.63) is 220 Å². The van der Waals surface area contributed by atoms with Crippen molar-refractivity contribution in [3.8, 4) is 343 Å². The zero-order valence-electron chi connectivity index (χ0n) is 79.6. The molecule has 5 aliphatic rings. The zero-order valence-corrected chi connectivity index (χ0v) is 79.6. The molecule has 5 unspecified atom stereocenters. The fourth-order valence-corrected chi connectivity index (χ4v) is 21.6. The Bertz CT molecular complexity index is 10200. The Balaban J connectivity index is 0.000000155. The number of carbonyl (C=O) groups excluding carboxylic acids is 1. The standard InChI is InChI=1S/C60H35N.C60H6.C15H22O2.C7H6O/c1-2-3-4-11-16-39-59-37-25-26-38-36-24-22-34-32-20-18-30-29-17-19-31-33-21-23-35(37)46-44(33)49-42(31)40(29)48-41(30)43(32)50-45(34)47(36)57(55-53(50)51(48)52(49)54(55)56(46)59)60(38,59)58(27-12-7-5-8-13-27)61(39)28-14-9-6-10-15-28;1-3-5-7-9-11-13-15-17-19-21-23-25-27-29-31-33-35-37-39-41-43-45-47-49-51-53-55-57-59-60-58-56-54-52-50-48-46-44-42-40-38-36-34-32-30-28-26-24-22-20-18-16-14-12-10-8-6-4-2;1-2-3-4-8-11-14(15(16)17)12-13-9-6-5-7-10-13;8-6-7-4-2-1-3-5-7/h5-10,12-15,17-26,39,58H,2-4,11,16H2,1H3;1-2H3;5-7,9-10,14H,2-4,8,11-12H2,1H3,(H,16,17);1-6H. The van der Waals surface area contributed by atoms with E-state index in [1.165, 1.54) is 114 Å². The van der Waals surface area contributed by atoms with Crippen molar-refractivity contribution in [1.82, 2.24) is 0 Å². The summed E-state index contributed by atoms with van der Waals surface area (Å²) in [6.07, 6.45) is 18.4. The summed E-state index contributed by atoms with van der Waals surface area (Å²) in [6, 6.07) is 63.2. The van der Waals surface area contributed by atoms with Gasteiger partial charge in [0, 0.05) is 254 Å². The molecule has 146 heavy (non-hydrogen) atoms. The SMILES string of the molecule is CC#CC#CC#CC#CC#CC#CC#CC#CC#CC#CC#CC#CC#CC#CC#CC#CC#CC#CC#CC#CC#CC#CC#CC#CC#CC#CC#CC#CC#CC.CCCCCCC(Cc1ccccc1)C(=O)O.CCCCCCC1N(c2ccccc2)C(c2ccccc2)C23C4=c5ccc6c7ccc8c9ccc%10c%11ccc%12c%13c(c%14c%15c2c5c6c2c7c8c5c9c%10c(c%13%11)c%14c5c%152)C13C=%12C=C4.O=Cc1ccccc1. The number of fused-ring (bicyclic) bond motifs is 3. The molecule has 0 bridgehead atoms. The molecule has 16 aromatic carbocycles. The summed E-state index contributed by atoms with van der Waals surface area (Å²) in [5, 5.41) is 46.0. The summed E-state index contributed by atoms with van der Waals surface area (Å²) < 4.78 is 0.